The van der Waals surface area contributed by atoms with Crippen molar-refractivity contribution in [3.8, 4) is 16.5 Å². The molecule has 0 spiro atoms. The van der Waals surface area contributed by atoms with Crippen LogP contribution in [0.5, 0.6) is 5.75 Å². The third-order valence-electron chi connectivity index (χ3n) is 4.87. The van der Waals surface area contributed by atoms with Crippen molar-refractivity contribution in [2.24, 2.45) is 0 Å². The van der Waals surface area contributed by atoms with E-state index in [2.05, 4.69) is 21.0 Å². The fourth-order valence-electron chi connectivity index (χ4n) is 3.25. The number of nitrogens with zero attached hydrogens (tertiary/aromatic N) is 3. The van der Waals surface area contributed by atoms with E-state index in [1.807, 2.05) is 22.1 Å². The second-order valence-corrected chi connectivity index (χ2v) is 8.94. The first kappa shape index (κ1) is 22.3. The molecule has 0 unspecified atom stereocenters. The molecule has 1 saturated heterocycles. The van der Waals surface area contributed by atoms with Gasteiger partial charge in [0, 0.05) is 12.2 Å². The summed E-state index contributed by atoms with van der Waals surface area (Å²) in [6.45, 7) is 1.40. The summed E-state index contributed by atoms with van der Waals surface area (Å²) >= 11 is 2.86. The van der Waals surface area contributed by atoms with Crippen LogP contribution in [0.15, 0.2) is 46.9 Å². The Kier molecular flexibility index (Phi) is 7.40. The summed E-state index contributed by atoms with van der Waals surface area (Å²) < 4.78 is 12.9. The van der Waals surface area contributed by atoms with Crippen molar-refractivity contribution in [3.63, 3.8) is 0 Å². The standard InChI is InChI=1S/C21H23N5O4S2/c1-29-15-8-6-14(7-9-15)20(28)24-22-18(27)13-32-21-25-23-19(17-5-3-11-31-17)26(21)12-16-4-2-10-30-16/h3,5-9,11,16H,2,4,10,12-13H2,1H3,(H,22,27)(H,24,28)/t16-/m0/s1. The van der Waals surface area contributed by atoms with Gasteiger partial charge in [-0.1, -0.05) is 17.8 Å². The average Bonchev–Trinajstić information content (AvgIpc) is 3.59. The highest BCUT2D eigenvalue weighted by molar-refractivity contribution is 7.99. The fraction of sp³-hybridized carbons (Fsp3) is 0.333. The van der Waals surface area contributed by atoms with Crippen LogP contribution in [-0.2, 0) is 16.1 Å². The van der Waals surface area contributed by atoms with Crippen LogP contribution < -0.4 is 15.6 Å². The molecule has 2 N–H and O–H groups in total. The Bertz CT molecular complexity index is 1050. The molecule has 1 aliphatic rings. The summed E-state index contributed by atoms with van der Waals surface area (Å²) in [4.78, 5) is 25.5. The van der Waals surface area contributed by atoms with Gasteiger partial charge in [-0.05, 0) is 48.6 Å². The van der Waals surface area contributed by atoms with Crippen molar-refractivity contribution in [1.29, 1.82) is 0 Å². The van der Waals surface area contributed by atoms with Gasteiger partial charge in [0.2, 0.25) is 5.91 Å². The van der Waals surface area contributed by atoms with Gasteiger partial charge in [0.1, 0.15) is 5.75 Å². The first-order chi connectivity index (χ1) is 15.6. The second-order valence-electron chi connectivity index (χ2n) is 7.05. The number of benzene rings is 1. The molecular weight excluding hydrogens is 450 g/mol. The quantitative estimate of drug-likeness (QED) is 0.383. The highest BCUT2D eigenvalue weighted by Crippen LogP contribution is 2.29. The molecule has 0 bridgehead atoms. The molecule has 32 heavy (non-hydrogen) atoms. The van der Waals surface area contributed by atoms with Crippen LogP contribution in [0.25, 0.3) is 10.7 Å². The van der Waals surface area contributed by atoms with Crippen LogP contribution >= 0.6 is 23.1 Å². The second kappa shape index (κ2) is 10.6. The van der Waals surface area contributed by atoms with Gasteiger partial charge in [-0.25, -0.2) is 0 Å². The number of nitrogens with one attached hydrogen (secondary N) is 2. The summed E-state index contributed by atoms with van der Waals surface area (Å²) in [6, 6.07) is 10.6. The van der Waals surface area contributed by atoms with E-state index in [4.69, 9.17) is 9.47 Å². The molecule has 0 aliphatic carbocycles. The minimum Gasteiger partial charge on any atom is -0.497 e. The summed E-state index contributed by atoms with van der Waals surface area (Å²) in [7, 11) is 1.55. The van der Waals surface area contributed by atoms with Crippen LogP contribution in [0.2, 0.25) is 0 Å². The highest BCUT2D eigenvalue weighted by Gasteiger charge is 2.22. The number of hydrazine groups is 1. The van der Waals surface area contributed by atoms with Gasteiger partial charge in [-0.2, -0.15) is 0 Å². The Labute approximate surface area is 193 Å². The Morgan fingerprint density at radius 3 is 2.78 bits per heavy atom. The van der Waals surface area contributed by atoms with Gasteiger partial charge in [-0.3, -0.25) is 25.0 Å². The Hall–Kier alpha value is -2.89. The molecule has 1 aromatic carbocycles. The molecule has 1 aliphatic heterocycles. The number of ether oxygens (including phenoxy) is 2. The zero-order valence-corrected chi connectivity index (χ0v) is 19.1. The minimum absolute atomic E-state index is 0.0803. The molecule has 1 atom stereocenters. The van der Waals surface area contributed by atoms with E-state index in [1.54, 1.807) is 42.7 Å². The van der Waals surface area contributed by atoms with E-state index in [0.29, 0.717) is 23.0 Å². The molecule has 0 saturated carbocycles. The number of hydrogen-bond acceptors (Lipinski definition) is 8. The smallest absolute Gasteiger partial charge is 0.269 e. The van der Waals surface area contributed by atoms with E-state index in [1.165, 1.54) is 11.8 Å². The lowest BCUT2D eigenvalue weighted by molar-refractivity contribution is -0.119. The number of thiophene rings is 1. The first-order valence-corrected chi connectivity index (χ1v) is 12.0. The number of hydrogen-bond donors (Lipinski definition) is 2. The number of carbonyl (C=O) groups is 2. The van der Waals surface area contributed by atoms with Gasteiger partial charge in [0.25, 0.3) is 5.91 Å². The van der Waals surface area contributed by atoms with Crippen molar-refractivity contribution >= 4 is 34.9 Å². The summed E-state index contributed by atoms with van der Waals surface area (Å²) in [5.41, 5.74) is 5.27. The minimum atomic E-state index is -0.410. The molecule has 4 rings (SSSR count). The van der Waals surface area contributed by atoms with Gasteiger partial charge >= 0.3 is 0 Å². The van der Waals surface area contributed by atoms with Crippen LogP contribution in [0.3, 0.4) is 0 Å². The molecule has 2 amide bonds. The lowest BCUT2D eigenvalue weighted by atomic mass is 10.2. The van der Waals surface area contributed by atoms with Crippen molar-refractivity contribution in [3.05, 3.63) is 47.3 Å². The predicted molar refractivity (Wildman–Crippen MR) is 122 cm³/mol. The van der Waals surface area contributed by atoms with E-state index < -0.39 is 5.91 Å². The Morgan fingerprint density at radius 1 is 1.25 bits per heavy atom. The zero-order chi connectivity index (χ0) is 22.3. The van der Waals surface area contributed by atoms with Crippen LogP contribution in [0.4, 0.5) is 0 Å². The molecule has 0 radical (unpaired) electrons. The van der Waals surface area contributed by atoms with E-state index in [9.17, 15) is 9.59 Å². The van der Waals surface area contributed by atoms with Crippen LogP contribution in [0, 0.1) is 0 Å². The third kappa shape index (κ3) is 5.47. The van der Waals surface area contributed by atoms with Crippen molar-refractivity contribution in [2.75, 3.05) is 19.5 Å². The maximum Gasteiger partial charge on any atom is 0.269 e. The van der Waals surface area contributed by atoms with E-state index >= 15 is 0 Å². The van der Waals surface area contributed by atoms with Crippen LogP contribution in [-0.4, -0.2) is 52.2 Å². The molecule has 3 heterocycles. The number of thioether (sulfide) groups is 1. The molecule has 168 valence electrons. The Balaban J connectivity index is 1.35. The number of methoxy groups -OCH3 is 1. The van der Waals surface area contributed by atoms with Crippen molar-refractivity contribution in [1.82, 2.24) is 25.6 Å². The molecule has 3 aromatic rings. The lowest BCUT2D eigenvalue weighted by Crippen LogP contribution is -2.42. The number of aromatic nitrogens is 3. The summed E-state index contributed by atoms with van der Waals surface area (Å²) in [5, 5.41) is 11.3. The first-order valence-electron chi connectivity index (χ1n) is 10.1. The Morgan fingerprint density at radius 2 is 2.09 bits per heavy atom. The fourth-order valence-corrected chi connectivity index (χ4v) is 4.71. The maximum atomic E-state index is 12.3. The molecule has 11 heteroatoms. The van der Waals surface area contributed by atoms with E-state index in [-0.39, 0.29) is 17.8 Å². The van der Waals surface area contributed by atoms with Gasteiger partial charge in [-0.15, -0.1) is 21.5 Å². The van der Waals surface area contributed by atoms with E-state index in [0.717, 1.165) is 30.2 Å². The highest BCUT2D eigenvalue weighted by atomic mass is 32.2. The average molecular weight is 474 g/mol. The SMILES string of the molecule is COc1ccc(C(=O)NNC(=O)CSc2nnc(-c3cccs3)n2C[C@@H]2CCCO2)cc1. The van der Waals surface area contributed by atoms with Crippen molar-refractivity contribution in [2.45, 2.75) is 30.6 Å². The molecular formula is C21H23N5O4S2. The number of amides is 2. The molecule has 2 aromatic heterocycles. The number of carbonyl (C=O) groups excluding carboxylic acids is 2. The topological polar surface area (TPSA) is 107 Å². The van der Waals surface area contributed by atoms with Gasteiger partial charge in [0.15, 0.2) is 11.0 Å². The maximum absolute atomic E-state index is 12.3. The summed E-state index contributed by atoms with van der Waals surface area (Å²) in [6.07, 6.45) is 2.14. The van der Waals surface area contributed by atoms with Crippen LogP contribution in [0.1, 0.15) is 23.2 Å². The number of rotatable bonds is 8. The largest absolute Gasteiger partial charge is 0.497 e. The lowest BCUT2D eigenvalue weighted by Gasteiger charge is -2.14. The normalized spacial score (nSPS) is 15.5. The molecule has 9 nitrogen and oxygen atoms in total. The zero-order valence-electron chi connectivity index (χ0n) is 17.4. The third-order valence-corrected chi connectivity index (χ3v) is 6.70. The van der Waals surface area contributed by atoms with Gasteiger partial charge in [0.05, 0.1) is 30.4 Å². The van der Waals surface area contributed by atoms with Gasteiger partial charge < -0.3 is 9.47 Å². The monoisotopic (exact) mass is 473 g/mol. The predicted octanol–water partition coefficient (Wildman–Crippen LogP) is 2.75. The summed E-state index contributed by atoms with van der Waals surface area (Å²) in [5.74, 6) is 0.743. The molecule has 1 fully saturated rings. The van der Waals surface area contributed by atoms with Crippen molar-refractivity contribution < 1.29 is 19.1 Å².